The lowest BCUT2D eigenvalue weighted by atomic mass is 10.1. The molecule has 6 nitrogen and oxygen atoms in total. The van der Waals surface area contributed by atoms with Crippen molar-refractivity contribution >= 4 is 61.8 Å². The van der Waals surface area contributed by atoms with Crippen LogP contribution in [0.4, 0.5) is 4.79 Å². The normalized spacial score (nSPS) is 15.3. The van der Waals surface area contributed by atoms with Crippen molar-refractivity contribution in [2.45, 2.75) is 20.0 Å². The van der Waals surface area contributed by atoms with Gasteiger partial charge in [-0.25, -0.2) is 0 Å². The number of thioether (sulfide) groups is 1. The first-order valence-corrected chi connectivity index (χ1v) is 11.3. The van der Waals surface area contributed by atoms with Crippen LogP contribution in [-0.4, -0.2) is 33.2 Å². The SMILES string of the molecule is CCOC(=O)Cn1cc(/C=C2\SC(=O)N(Cc3ccccc3)C2=O)c2cc(Br)ccc21. The zero-order chi connectivity index (χ0) is 22.0. The summed E-state index contributed by atoms with van der Waals surface area (Å²) in [5.74, 6) is -0.655. The first kappa shape index (κ1) is 21.4. The number of hydrogen-bond donors (Lipinski definition) is 0. The fraction of sp³-hybridized carbons (Fsp3) is 0.174. The smallest absolute Gasteiger partial charge is 0.325 e. The van der Waals surface area contributed by atoms with E-state index in [9.17, 15) is 14.4 Å². The fourth-order valence-corrected chi connectivity index (χ4v) is 4.62. The summed E-state index contributed by atoms with van der Waals surface area (Å²) in [7, 11) is 0. The van der Waals surface area contributed by atoms with Crippen molar-refractivity contribution in [2.75, 3.05) is 6.61 Å². The molecule has 0 bridgehead atoms. The molecule has 4 rings (SSSR count). The molecule has 2 heterocycles. The summed E-state index contributed by atoms with van der Waals surface area (Å²) < 4.78 is 7.74. The van der Waals surface area contributed by atoms with Crippen molar-refractivity contribution in [3.8, 4) is 0 Å². The van der Waals surface area contributed by atoms with Gasteiger partial charge in [0.15, 0.2) is 0 Å². The Kier molecular flexibility index (Phi) is 6.29. The summed E-state index contributed by atoms with van der Waals surface area (Å²) in [5.41, 5.74) is 2.48. The van der Waals surface area contributed by atoms with Gasteiger partial charge in [0.05, 0.1) is 18.1 Å². The zero-order valence-electron chi connectivity index (χ0n) is 16.7. The summed E-state index contributed by atoms with van der Waals surface area (Å²) in [4.78, 5) is 39.0. The van der Waals surface area contributed by atoms with Gasteiger partial charge in [0.25, 0.3) is 11.1 Å². The number of nitrogens with zero attached hydrogens (tertiary/aromatic N) is 2. The molecule has 2 aromatic carbocycles. The van der Waals surface area contributed by atoms with Crippen LogP contribution in [-0.2, 0) is 27.4 Å². The third-order valence-corrected chi connectivity index (χ3v) is 6.22. The molecule has 1 aromatic heterocycles. The number of imide groups is 1. The number of esters is 1. The van der Waals surface area contributed by atoms with E-state index in [1.807, 2.05) is 48.5 Å². The molecule has 0 unspecified atom stereocenters. The minimum absolute atomic E-state index is 0.0648. The molecule has 2 amide bonds. The Morgan fingerprint density at radius 2 is 1.94 bits per heavy atom. The van der Waals surface area contributed by atoms with E-state index >= 15 is 0 Å². The van der Waals surface area contributed by atoms with Crippen molar-refractivity contribution in [3.63, 3.8) is 0 Å². The maximum atomic E-state index is 12.9. The largest absolute Gasteiger partial charge is 0.465 e. The highest BCUT2D eigenvalue weighted by atomic mass is 79.9. The minimum atomic E-state index is -0.336. The van der Waals surface area contributed by atoms with E-state index in [0.29, 0.717) is 11.5 Å². The molecule has 0 spiro atoms. The van der Waals surface area contributed by atoms with Crippen molar-refractivity contribution < 1.29 is 19.1 Å². The first-order chi connectivity index (χ1) is 15.0. The second-order valence-corrected chi connectivity index (χ2v) is 8.84. The summed E-state index contributed by atoms with van der Waals surface area (Å²) in [6.45, 7) is 2.37. The molecule has 0 N–H and O–H groups in total. The average molecular weight is 499 g/mol. The molecule has 0 radical (unpaired) electrons. The summed E-state index contributed by atoms with van der Waals surface area (Å²) in [5, 5.41) is 0.574. The highest BCUT2D eigenvalue weighted by Crippen LogP contribution is 2.35. The Morgan fingerprint density at radius 1 is 1.16 bits per heavy atom. The van der Waals surface area contributed by atoms with Crippen molar-refractivity contribution in [1.29, 1.82) is 0 Å². The maximum absolute atomic E-state index is 12.9. The van der Waals surface area contributed by atoms with Crippen LogP contribution in [0.1, 0.15) is 18.1 Å². The number of carbonyl (C=O) groups excluding carboxylic acids is 3. The van der Waals surface area contributed by atoms with Gasteiger partial charge < -0.3 is 9.30 Å². The molecule has 1 fully saturated rings. The molecule has 1 saturated heterocycles. The van der Waals surface area contributed by atoms with E-state index in [1.54, 1.807) is 23.8 Å². The number of halogens is 1. The Balaban J connectivity index is 1.67. The van der Waals surface area contributed by atoms with E-state index < -0.39 is 0 Å². The van der Waals surface area contributed by atoms with Gasteiger partial charge in [0, 0.05) is 27.1 Å². The van der Waals surface area contributed by atoms with Crippen LogP contribution in [0, 0.1) is 0 Å². The van der Waals surface area contributed by atoms with Gasteiger partial charge in [-0.05, 0) is 48.5 Å². The average Bonchev–Trinajstić information content (AvgIpc) is 3.20. The van der Waals surface area contributed by atoms with Gasteiger partial charge in [-0.2, -0.15) is 0 Å². The second kappa shape index (κ2) is 9.11. The number of rotatable bonds is 6. The predicted molar refractivity (Wildman–Crippen MR) is 124 cm³/mol. The van der Waals surface area contributed by atoms with Crippen LogP contribution in [0.15, 0.2) is 64.1 Å². The van der Waals surface area contributed by atoms with Crippen LogP contribution in [0.25, 0.3) is 17.0 Å². The van der Waals surface area contributed by atoms with Crippen LogP contribution < -0.4 is 0 Å². The molecule has 158 valence electrons. The number of carbonyl (C=O) groups is 3. The van der Waals surface area contributed by atoms with E-state index in [0.717, 1.165) is 38.3 Å². The summed E-state index contributed by atoms with van der Waals surface area (Å²) in [6.07, 6.45) is 3.52. The molecule has 0 saturated carbocycles. The topological polar surface area (TPSA) is 68.6 Å². The monoisotopic (exact) mass is 498 g/mol. The number of aromatic nitrogens is 1. The zero-order valence-corrected chi connectivity index (χ0v) is 19.1. The number of hydrogen-bond acceptors (Lipinski definition) is 5. The van der Waals surface area contributed by atoms with Gasteiger partial charge in [0.2, 0.25) is 0 Å². The van der Waals surface area contributed by atoms with E-state index in [4.69, 9.17) is 4.74 Å². The van der Waals surface area contributed by atoms with Crippen molar-refractivity contribution in [1.82, 2.24) is 9.47 Å². The van der Waals surface area contributed by atoms with E-state index in [1.165, 1.54) is 4.90 Å². The quantitative estimate of drug-likeness (QED) is 0.345. The third kappa shape index (κ3) is 4.60. The van der Waals surface area contributed by atoms with Gasteiger partial charge >= 0.3 is 5.97 Å². The molecule has 8 heteroatoms. The Hall–Kier alpha value is -2.84. The maximum Gasteiger partial charge on any atom is 0.325 e. The lowest BCUT2D eigenvalue weighted by Crippen LogP contribution is -2.27. The second-order valence-electron chi connectivity index (χ2n) is 6.93. The minimum Gasteiger partial charge on any atom is -0.465 e. The number of ether oxygens (including phenoxy) is 1. The number of benzene rings is 2. The number of amides is 2. The Labute approximate surface area is 192 Å². The lowest BCUT2D eigenvalue weighted by molar-refractivity contribution is -0.143. The van der Waals surface area contributed by atoms with Gasteiger partial charge in [-0.3, -0.25) is 19.3 Å². The molecular weight excluding hydrogens is 480 g/mol. The predicted octanol–water partition coefficient (Wildman–Crippen LogP) is 5.20. The van der Waals surface area contributed by atoms with Crippen LogP contribution in [0.3, 0.4) is 0 Å². The van der Waals surface area contributed by atoms with Crippen molar-refractivity contribution in [3.05, 3.63) is 75.2 Å². The van der Waals surface area contributed by atoms with E-state index in [2.05, 4.69) is 15.9 Å². The third-order valence-electron chi connectivity index (χ3n) is 4.82. The highest BCUT2D eigenvalue weighted by molar-refractivity contribution is 9.10. The lowest BCUT2D eigenvalue weighted by Gasteiger charge is -2.12. The fourth-order valence-electron chi connectivity index (χ4n) is 3.43. The molecule has 0 aliphatic carbocycles. The van der Waals surface area contributed by atoms with Gasteiger partial charge in [-0.1, -0.05) is 46.3 Å². The molecular formula is C23H19BrN2O4S. The molecule has 0 atom stereocenters. The van der Waals surface area contributed by atoms with Crippen molar-refractivity contribution in [2.24, 2.45) is 0 Å². The van der Waals surface area contributed by atoms with Crippen LogP contribution in [0.2, 0.25) is 0 Å². The highest BCUT2D eigenvalue weighted by Gasteiger charge is 2.35. The Morgan fingerprint density at radius 3 is 2.68 bits per heavy atom. The Bertz CT molecular complexity index is 1200. The standard InChI is InChI=1S/C23H19BrN2O4S/c1-2-30-21(27)14-25-13-16(18-11-17(24)8-9-19(18)25)10-20-22(28)26(23(29)31-20)12-15-6-4-3-5-7-15/h3-11,13H,2,12,14H2,1H3/b20-10-. The number of fused-ring (bicyclic) bond motifs is 1. The molecule has 1 aliphatic rings. The summed E-state index contributed by atoms with van der Waals surface area (Å²) in [6, 6.07) is 15.1. The first-order valence-electron chi connectivity index (χ1n) is 9.69. The van der Waals surface area contributed by atoms with Gasteiger partial charge in [-0.15, -0.1) is 0 Å². The van der Waals surface area contributed by atoms with Crippen LogP contribution >= 0.6 is 27.7 Å². The van der Waals surface area contributed by atoms with Crippen LogP contribution in [0.5, 0.6) is 0 Å². The molecule has 31 heavy (non-hydrogen) atoms. The summed E-state index contributed by atoms with van der Waals surface area (Å²) >= 11 is 4.40. The molecule has 3 aromatic rings. The van der Waals surface area contributed by atoms with E-state index in [-0.39, 0.29) is 30.2 Å². The van der Waals surface area contributed by atoms with Gasteiger partial charge in [0.1, 0.15) is 6.54 Å². The molecule has 1 aliphatic heterocycles.